The number of fused-ring (bicyclic) bond motifs is 1. The largest absolute Gasteiger partial charge is 0.353 e. The summed E-state index contributed by atoms with van der Waals surface area (Å²) >= 11 is 5.85. The summed E-state index contributed by atoms with van der Waals surface area (Å²) in [7, 11) is 1.81. The van der Waals surface area contributed by atoms with Gasteiger partial charge in [0, 0.05) is 38.9 Å². The van der Waals surface area contributed by atoms with Crippen LogP contribution < -0.4 is 10.6 Å². The molecule has 30 heavy (non-hydrogen) atoms. The molecular formula is C19H20ClFN8O. The Labute approximate surface area is 177 Å². The number of hydrogen-bond acceptors (Lipinski definition) is 8. The molecule has 1 saturated heterocycles. The van der Waals surface area contributed by atoms with Crippen molar-refractivity contribution in [2.75, 3.05) is 50.4 Å². The molecule has 0 aliphatic carbocycles. The van der Waals surface area contributed by atoms with Crippen LogP contribution in [0, 0.1) is 5.82 Å². The van der Waals surface area contributed by atoms with E-state index in [1.807, 2.05) is 7.05 Å². The maximum absolute atomic E-state index is 13.4. The molecule has 3 heterocycles. The van der Waals surface area contributed by atoms with Gasteiger partial charge >= 0.3 is 0 Å². The van der Waals surface area contributed by atoms with Gasteiger partial charge in [-0.15, -0.1) is 0 Å². The topological polar surface area (TPSA) is 99.2 Å². The van der Waals surface area contributed by atoms with Gasteiger partial charge in [-0.1, -0.05) is 11.6 Å². The first kappa shape index (κ1) is 20.2. The standard InChI is InChI=1S/C19H20ClFN8O/c1-28-6-7-29(10-16(28)30)5-4-22-19-23-9-15-17(27-19)18(25-11-24-15)26-12-2-3-14(21)13(20)8-12/h2-3,8-9,11H,4-7,10H2,1H3,(H,22,23,27)(H,24,25,26). The summed E-state index contributed by atoms with van der Waals surface area (Å²) in [5.74, 6) is 0.512. The van der Waals surface area contributed by atoms with Gasteiger partial charge < -0.3 is 15.5 Å². The van der Waals surface area contributed by atoms with Gasteiger partial charge in [-0.05, 0) is 18.2 Å². The van der Waals surface area contributed by atoms with Crippen molar-refractivity contribution in [3.8, 4) is 0 Å². The molecule has 0 spiro atoms. The molecule has 0 radical (unpaired) electrons. The van der Waals surface area contributed by atoms with E-state index in [0.717, 1.165) is 13.1 Å². The number of piperazine rings is 1. The molecule has 1 amide bonds. The average molecular weight is 431 g/mol. The van der Waals surface area contributed by atoms with Gasteiger partial charge in [0.15, 0.2) is 5.82 Å². The van der Waals surface area contributed by atoms with Gasteiger partial charge in [-0.3, -0.25) is 9.69 Å². The number of halogens is 2. The fourth-order valence-corrected chi connectivity index (χ4v) is 3.25. The first-order valence-electron chi connectivity index (χ1n) is 9.39. The van der Waals surface area contributed by atoms with E-state index in [1.165, 1.54) is 18.5 Å². The summed E-state index contributed by atoms with van der Waals surface area (Å²) in [6.45, 7) is 3.27. The SMILES string of the molecule is CN1CCN(CCNc2ncc3ncnc(Nc4ccc(F)c(Cl)c4)c3n2)CC1=O. The predicted molar refractivity (Wildman–Crippen MR) is 112 cm³/mol. The second-order valence-corrected chi connectivity index (χ2v) is 7.33. The van der Waals surface area contributed by atoms with Crippen molar-refractivity contribution in [1.82, 2.24) is 29.7 Å². The van der Waals surface area contributed by atoms with E-state index in [1.54, 1.807) is 17.2 Å². The van der Waals surface area contributed by atoms with E-state index in [0.29, 0.717) is 48.1 Å². The number of nitrogens with zero attached hydrogens (tertiary/aromatic N) is 6. The van der Waals surface area contributed by atoms with E-state index in [-0.39, 0.29) is 10.9 Å². The number of benzene rings is 1. The second kappa shape index (κ2) is 8.72. The molecule has 1 aliphatic heterocycles. The Morgan fingerprint density at radius 1 is 1.23 bits per heavy atom. The lowest BCUT2D eigenvalue weighted by molar-refractivity contribution is -0.134. The Balaban J connectivity index is 1.45. The fraction of sp³-hybridized carbons (Fsp3) is 0.316. The van der Waals surface area contributed by atoms with E-state index < -0.39 is 5.82 Å². The van der Waals surface area contributed by atoms with Gasteiger partial charge in [0.1, 0.15) is 23.2 Å². The Hall–Kier alpha value is -3.11. The maximum atomic E-state index is 13.4. The number of rotatable bonds is 6. The normalized spacial score (nSPS) is 14.9. The lowest BCUT2D eigenvalue weighted by atomic mass is 10.3. The molecule has 4 rings (SSSR count). The number of carbonyl (C=O) groups excluding carboxylic acids is 1. The molecule has 1 aliphatic rings. The van der Waals surface area contributed by atoms with Crippen molar-refractivity contribution in [1.29, 1.82) is 0 Å². The highest BCUT2D eigenvalue weighted by atomic mass is 35.5. The van der Waals surface area contributed by atoms with Crippen LogP contribution in [0.25, 0.3) is 11.0 Å². The molecule has 3 aromatic rings. The van der Waals surface area contributed by atoms with E-state index >= 15 is 0 Å². The van der Waals surface area contributed by atoms with Crippen molar-refractivity contribution in [3.05, 3.63) is 41.6 Å². The highest BCUT2D eigenvalue weighted by Gasteiger charge is 2.20. The lowest BCUT2D eigenvalue weighted by Gasteiger charge is -2.31. The zero-order valence-corrected chi connectivity index (χ0v) is 17.0. The van der Waals surface area contributed by atoms with Crippen LogP contribution in [0.2, 0.25) is 5.02 Å². The van der Waals surface area contributed by atoms with Crippen LogP contribution in [0.4, 0.5) is 21.8 Å². The highest BCUT2D eigenvalue weighted by Crippen LogP contribution is 2.25. The summed E-state index contributed by atoms with van der Waals surface area (Å²) in [4.78, 5) is 32.8. The molecule has 1 fully saturated rings. The lowest BCUT2D eigenvalue weighted by Crippen LogP contribution is -2.49. The third-order valence-corrected chi connectivity index (χ3v) is 5.10. The van der Waals surface area contributed by atoms with Gasteiger partial charge in [0.25, 0.3) is 0 Å². The Bertz CT molecular complexity index is 1080. The van der Waals surface area contributed by atoms with Gasteiger partial charge in [0.2, 0.25) is 11.9 Å². The minimum atomic E-state index is -0.495. The number of hydrogen-bond donors (Lipinski definition) is 2. The number of nitrogens with one attached hydrogen (secondary N) is 2. The molecular weight excluding hydrogens is 411 g/mol. The zero-order valence-electron chi connectivity index (χ0n) is 16.3. The third kappa shape index (κ3) is 4.55. The molecule has 156 valence electrons. The molecule has 2 N–H and O–H groups in total. The van der Waals surface area contributed by atoms with Crippen LogP contribution >= 0.6 is 11.6 Å². The molecule has 0 saturated carbocycles. The van der Waals surface area contributed by atoms with Crippen LogP contribution in [0.1, 0.15) is 0 Å². The van der Waals surface area contributed by atoms with Crippen molar-refractivity contribution < 1.29 is 9.18 Å². The van der Waals surface area contributed by atoms with E-state index in [4.69, 9.17) is 11.6 Å². The number of anilines is 3. The summed E-state index contributed by atoms with van der Waals surface area (Å²) < 4.78 is 13.4. The molecule has 11 heteroatoms. The van der Waals surface area contributed by atoms with Crippen LogP contribution in [0.5, 0.6) is 0 Å². The summed E-state index contributed by atoms with van der Waals surface area (Å²) in [6, 6.07) is 4.31. The zero-order chi connectivity index (χ0) is 21.1. The maximum Gasteiger partial charge on any atom is 0.236 e. The second-order valence-electron chi connectivity index (χ2n) is 6.92. The number of amides is 1. The van der Waals surface area contributed by atoms with Crippen LogP contribution in [-0.4, -0.2) is 75.4 Å². The van der Waals surface area contributed by atoms with Crippen molar-refractivity contribution in [2.45, 2.75) is 0 Å². The fourth-order valence-electron chi connectivity index (χ4n) is 3.07. The summed E-state index contributed by atoms with van der Waals surface area (Å²) in [5, 5.41) is 6.28. The summed E-state index contributed by atoms with van der Waals surface area (Å²) in [6.07, 6.45) is 3.01. The molecule has 1 aromatic carbocycles. The van der Waals surface area contributed by atoms with Crippen molar-refractivity contribution in [3.63, 3.8) is 0 Å². The minimum Gasteiger partial charge on any atom is -0.353 e. The van der Waals surface area contributed by atoms with E-state index in [9.17, 15) is 9.18 Å². The molecule has 9 nitrogen and oxygen atoms in total. The van der Waals surface area contributed by atoms with Gasteiger partial charge in [0.05, 0.1) is 17.8 Å². The molecule has 0 atom stereocenters. The number of aromatic nitrogens is 4. The first-order chi connectivity index (χ1) is 14.5. The molecule has 0 unspecified atom stereocenters. The summed E-state index contributed by atoms with van der Waals surface area (Å²) in [5.41, 5.74) is 1.66. The van der Waals surface area contributed by atoms with Crippen LogP contribution in [-0.2, 0) is 4.79 Å². The quantitative estimate of drug-likeness (QED) is 0.613. The first-order valence-corrected chi connectivity index (χ1v) is 9.77. The Morgan fingerprint density at radius 2 is 2.10 bits per heavy atom. The minimum absolute atomic E-state index is 0.0118. The molecule has 2 aromatic heterocycles. The van der Waals surface area contributed by atoms with Crippen molar-refractivity contribution in [2.24, 2.45) is 0 Å². The van der Waals surface area contributed by atoms with Crippen LogP contribution in [0.3, 0.4) is 0 Å². The third-order valence-electron chi connectivity index (χ3n) is 4.81. The van der Waals surface area contributed by atoms with Crippen molar-refractivity contribution >= 4 is 46.0 Å². The van der Waals surface area contributed by atoms with E-state index in [2.05, 4.69) is 35.5 Å². The molecule has 0 bridgehead atoms. The Morgan fingerprint density at radius 3 is 2.90 bits per heavy atom. The van der Waals surface area contributed by atoms with Crippen LogP contribution in [0.15, 0.2) is 30.7 Å². The Kier molecular flexibility index (Phi) is 5.86. The predicted octanol–water partition coefficient (Wildman–Crippen LogP) is 2.14. The average Bonchev–Trinajstić information content (AvgIpc) is 2.74. The monoisotopic (exact) mass is 430 g/mol. The van der Waals surface area contributed by atoms with Gasteiger partial charge in [-0.25, -0.2) is 24.3 Å². The van der Waals surface area contributed by atoms with Gasteiger partial charge in [-0.2, -0.15) is 0 Å². The number of likely N-dealkylation sites (N-methyl/N-ethyl adjacent to an activating group) is 1. The highest BCUT2D eigenvalue weighted by molar-refractivity contribution is 6.31. The number of carbonyl (C=O) groups is 1. The smallest absolute Gasteiger partial charge is 0.236 e.